The average molecular weight is 221 g/mol. The van der Waals surface area contributed by atoms with Crippen molar-refractivity contribution < 1.29 is 4.74 Å². The molecule has 0 fully saturated rings. The van der Waals surface area contributed by atoms with E-state index in [0.717, 1.165) is 19.7 Å². The summed E-state index contributed by atoms with van der Waals surface area (Å²) in [4.78, 5) is 0. The molecule has 0 radical (unpaired) electrons. The van der Waals surface area contributed by atoms with E-state index in [2.05, 4.69) is 36.5 Å². The Labute approximate surface area is 99.0 Å². The zero-order chi connectivity index (χ0) is 11.6. The van der Waals surface area contributed by atoms with Crippen molar-refractivity contribution >= 4 is 0 Å². The van der Waals surface area contributed by atoms with Crippen LogP contribution in [0.15, 0.2) is 24.3 Å². The van der Waals surface area contributed by atoms with E-state index in [9.17, 15) is 0 Å². The molecular formula is C14H23NO. The Bertz CT molecular complexity index is 269. The van der Waals surface area contributed by atoms with Gasteiger partial charge in [-0.05, 0) is 38.3 Å². The molecule has 0 atom stereocenters. The third kappa shape index (κ3) is 5.89. The quantitative estimate of drug-likeness (QED) is 0.682. The fourth-order valence-corrected chi connectivity index (χ4v) is 1.61. The third-order valence-electron chi connectivity index (χ3n) is 2.65. The van der Waals surface area contributed by atoms with Gasteiger partial charge in [-0.15, -0.1) is 0 Å². The predicted octanol–water partition coefficient (Wildman–Crippen LogP) is 2.90. The fourth-order valence-electron chi connectivity index (χ4n) is 1.61. The van der Waals surface area contributed by atoms with Crippen molar-refractivity contribution in [3.05, 3.63) is 35.4 Å². The van der Waals surface area contributed by atoms with Crippen molar-refractivity contribution in [2.45, 2.75) is 32.7 Å². The molecule has 0 bridgehead atoms. The molecular weight excluding hydrogens is 198 g/mol. The Morgan fingerprint density at radius 3 is 2.50 bits per heavy atom. The third-order valence-corrected chi connectivity index (χ3v) is 2.65. The van der Waals surface area contributed by atoms with Gasteiger partial charge in [0.05, 0.1) is 0 Å². The van der Waals surface area contributed by atoms with Crippen LogP contribution in [0.5, 0.6) is 0 Å². The summed E-state index contributed by atoms with van der Waals surface area (Å²) in [6.07, 6.45) is 3.65. The Hall–Kier alpha value is -0.860. The highest BCUT2D eigenvalue weighted by Gasteiger charge is 1.92. The van der Waals surface area contributed by atoms with Crippen LogP contribution in [0.1, 0.15) is 30.4 Å². The molecule has 16 heavy (non-hydrogen) atoms. The van der Waals surface area contributed by atoms with Gasteiger partial charge in [-0.2, -0.15) is 0 Å². The van der Waals surface area contributed by atoms with Crippen LogP contribution in [0.25, 0.3) is 0 Å². The highest BCUT2D eigenvalue weighted by molar-refractivity contribution is 5.20. The molecule has 0 saturated carbocycles. The molecule has 2 nitrogen and oxygen atoms in total. The number of nitrogens with one attached hydrogen (secondary N) is 1. The van der Waals surface area contributed by atoms with E-state index in [4.69, 9.17) is 4.74 Å². The van der Waals surface area contributed by atoms with E-state index in [1.807, 2.05) is 0 Å². The summed E-state index contributed by atoms with van der Waals surface area (Å²) < 4.78 is 5.01. The second-order valence-electron chi connectivity index (χ2n) is 4.22. The van der Waals surface area contributed by atoms with Crippen LogP contribution in [0.2, 0.25) is 0 Å². The molecule has 1 aromatic rings. The van der Waals surface area contributed by atoms with Gasteiger partial charge in [-0.3, -0.25) is 0 Å². The van der Waals surface area contributed by atoms with Crippen LogP contribution in [0, 0.1) is 6.92 Å². The van der Waals surface area contributed by atoms with Crippen LogP contribution >= 0.6 is 0 Å². The molecule has 0 unspecified atom stereocenters. The number of benzene rings is 1. The minimum absolute atomic E-state index is 0.887. The summed E-state index contributed by atoms with van der Waals surface area (Å²) >= 11 is 0. The van der Waals surface area contributed by atoms with Crippen molar-refractivity contribution in [1.29, 1.82) is 0 Å². The Kier molecular flexibility index (Phi) is 6.86. The van der Waals surface area contributed by atoms with E-state index in [0.29, 0.717) is 0 Å². The average Bonchev–Trinajstić information content (AvgIpc) is 2.30. The Morgan fingerprint density at radius 2 is 1.81 bits per heavy atom. The smallest absolute Gasteiger partial charge is 0.0462 e. The molecule has 0 aliphatic carbocycles. The molecule has 0 saturated heterocycles. The normalized spacial score (nSPS) is 10.6. The molecule has 0 heterocycles. The summed E-state index contributed by atoms with van der Waals surface area (Å²) in [6.45, 7) is 5.08. The standard InChI is InChI=1S/C14H23NO/c1-13-6-8-14(9-7-13)12-15-10-4-3-5-11-16-2/h6-9,15H,3-5,10-12H2,1-2H3. The van der Waals surface area contributed by atoms with Gasteiger partial charge in [0.15, 0.2) is 0 Å². The second-order valence-corrected chi connectivity index (χ2v) is 4.22. The zero-order valence-electron chi connectivity index (χ0n) is 10.5. The van der Waals surface area contributed by atoms with E-state index >= 15 is 0 Å². The highest BCUT2D eigenvalue weighted by Crippen LogP contribution is 2.02. The minimum atomic E-state index is 0.887. The highest BCUT2D eigenvalue weighted by atomic mass is 16.5. The lowest BCUT2D eigenvalue weighted by atomic mass is 10.1. The van der Waals surface area contributed by atoms with Crippen molar-refractivity contribution in [2.75, 3.05) is 20.3 Å². The molecule has 0 aliphatic rings. The lowest BCUT2D eigenvalue weighted by Gasteiger charge is -2.05. The van der Waals surface area contributed by atoms with Crippen molar-refractivity contribution in [2.24, 2.45) is 0 Å². The molecule has 1 rings (SSSR count). The number of rotatable bonds is 8. The lowest BCUT2D eigenvalue weighted by molar-refractivity contribution is 0.192. The van der Waals surface area contributed by atoms with Crippen LogP contribution in [-0.2, 0) is 11.3 Å². The molecule has 0 spiro atoms. The Balaban J connectivity index is 2.01. The fraction of sp³-hybridized carbons (Fsp3) is 0.571. The van der Waals surface area contributed by atoms with E-state index in [1.54, 1.807) is 7.11 Å². The second kappa shape index (κ2) is 8.31. The van der Waals surface area contributed by atoms with Gasteiger partial charge in [-0.25, -0.2) is 0 Å². The van der Waals surface area contributed by atoms with Gasteiger partial charge < -0.3 is 10.1 Å². The molecule has 0 aromatic heterocycles. The van der Waals surface area contributed by atoms with Gasteiger partial charge in [0, 0.05) is 20.3 Å². The van der Waals surface area contributed by atoms with Crippen molar-refractivity contribution in [1.82, 2.24) is 5.32 Å². The molecule has 1 aromatic carbocycles. The number of hydrogen-bond acceptors (Lipinski definition) is 2. The number of hydrogen-bond donors (Lipinski definition) is 1. The first-order valence-corrected chi connectivity index (χ1v) is 6.08. The maximum absolute atomic E-state index is 5.01. The largest absolute Gasteiger partial charge is 0.385 e. The maximum atomic E-state index is 5.01. The maximum Gasteiger partial charge on any atom is 0.0462 e. The molecule has 90 valence electrons. The molecule has 0 amide bonds. The Morgan fingerprint density at radius 1 is 1.06 bits per heavy atom. The van der Waals surface area contributed by atoms with E-state index in [1.165, 1.54) is 30.4 Å². The number of unbranched alkanes of at least 4 members (excludes halogenated alkanes) is 2. The summed E-state index contributed by atoms with van der Waals surface area (Å²) in [7, 11) is 1.76. The van der Waals surface area contributed by atoms with Crippen molar-refractivity contribution in [3.63, 3.8) is 0 Å². The summed E-state index contributed by atoms with van der Waals surface area (Å²) in [5, 5.41) is 3.46. The summed E-state index contributed by atoms with van der Waals surface area (Å²) in [5.41, 5.74) is 2.69. The van der Waals surface area contributed by atoms with Crippen LogP contribution in [0.4, 0.5) is 0 Å². The van der Waals surface area contributed by atoms with Gasteiger partial charge in [0.2, 0.25) is 0 Å². The molecule has 2 heteroatoms. The van der Waals surface area contributed by atoms with E-state index in [-0.39, 0.29) is 0 Å². The van der Waals surface area contributed by atoms with Crippen LogP contribution < -0.4 is 5.32 Å². The first kappa shape index (κ1) is 13.2. The van der Waals surface area contributed by atoms with Crippen LogP contribution in [0.3, 0.4) is 0 Å². The minimum Gasteiger partial charge on any atom is -0.385 e. The lowest BCUT2D eigenvalue weighted by Crippen LogP contribution is -2.14. The predicted molar refractivity (Wildman–Crippen MR) is 68.6 cm³/mol. The van der Waals surface area contributed by atoms with Crippen molar-refractivity contribution in [3.8, 4) is 0 Å². The number of ether oxygens (including phenoxy) is 1. The van der Waals surface area contributed by atoms with E-state index < -0.39 is 0 Å². The summed E-state index contributed by atoms with van der Waals surface area (Å²) in [5.74, 6) is 0. The first-order chi connectivity index (χ1) is 7.83. The SMILES string of the molecule is COCCCCCNCc1ccc(C)cc1. The number of methoxy groups -OCH3 is 1. The van der Waals surface area contributed by atoms with Gasteiger partial charge >= 0.3 is 0 Å². The molecule has 0 aliphatic heterocycles. The van der Waals surface area contributed by atoms with Gasteiger partial charge in [-0.1, -0.05) is 29.8 Å². The first-order valence-electron chi connectivity index (χ1n) is 6.08. The molecule has 1 N–H and O–H groups in total. The zero-order valence-corrected chi connectivity index (χ0v) is 10.5. The topological polar surface area (TPSA) is 21.3 Å². The van der Waals surface area contributed by atoms with Gasteiger partial charge in [0.25, 0.3) is 0 Å². The summed E-state index contributed by atoms with van der Waals surface area (Å²) in [6, 6.07) is 8.70. The van der Waals surface area contributed by atoms with Crippen LogP contribution in [-0.4, -0.2) is 20.3 Å². The van der Waals surface area contributed by atoms with Gasteiger partial charge in [0.1, 0.15) is 0 Å². The number of aryl methyl sites for hydroxylation is 1. The monoisotopic (exact) mass is 221 g/mol.